The number of carbonyl (C=O) groups is 1. The van der Waals surface area contributed by atoms with E-state index in [2.05, 4.69) is 20.5 Å². The number of fused-ring (bicyclic) bond motifs is 3. The highest BCUT2D eigenvalue weighted by Crippen LogP contribution is 2.33. The van der Waals surface area contributed by atoms with Crippen LogP contribution < -0.4 is 10.6 Å². The SMILES string of the molecule is Cc1ccc2c(c1)C(c1ccccc1F)=NCc1cnc(Nc3ccc(C(=O)NCCN4CCOCC4)cc3)nc1-2. The lowest BCUT2D eigenvalue weighted by molar-refractivity contribution is 0.0383. The number of aromatic nitrogens is 2. The number of aryl methyl sites for hydroxylation is 1. The highest BCUT2D eigenvalue weighted by Gasteiger charge is 2.23. The molecule has 3 aromatic carbocycles. The van der Waals surface area contributed by atoms with Crippen LogP contribution in [0.5, 0.6) is 0 Å². The fourth-order valence-corrected chi connectivity index (χ4v) is 5.10. The van der Waals surface area contributed by atoms with E-state index in [0.29, 0.717) is 35.9 Å². The Balaban J connectivity index is 1.19. The lowest BCUT2D eigenvalue weighted by Gasteiger charge is -2.26. The maximum absolute atomic E-state index is 14.8. The number of nitrogens with zero attached hydrogens (tertiary/aromatic N) is 4. The zero-order valence-corrected chi connectivity index (χ0v) is 22.9. The third-order valence-corrected chi connectivity index (χ3v) is 7.31. The molecule has 2 N–H and O–H groups in total. The minimum Gasteiger partial charge on any atom is -0.379 e. The number of benzene rings is 3. The van der Waals surface area contributed by atoms with Gasteiger partial charge in [0, 0.05) is 65.9 Å². The molecule has 1 saturated heterocycles. The van der Waals surface area contributed by atoms with Gasteiger partial charge in [0.1, 0.15) is 5.82 Å². The Morgan fingerprint density at radius 1 is 1.00 bits per heavy atom. The smallest absolute Gasteiger partial charge is 0.251 e. The zero-order chi connectivity index (χ0) is 28.2. The van der Waals surface area contributed by atoms with Crippen LogP contribution in [0, 0.1) is 12.7 Å². The van der Waals surface area contributed by atoms with Gasteiger partial charge in [-0.15, -0.1) is 0 Å². The molecule has 41 heavy (non-hydrogen) atoms. The molecule has 0 aliphatic carbocycles. The van der Waals surface area contributed by atoms with Crippen molar-refractivity contribution in [2.24, 2.45) is 4.99 Å². The summed E-state index contributed by atoms with van der Waals surface area (Å²) >= 11 is 0. The van der Waals surface area contributed by atoms with Crippen LogP contribution in [-0.2, 0) is 11.3 Å². The predicted molar refractivity (Wildman–Crippen MR) is 157 cm³/mol. The number of amides is 1. The second kappa shape index (κ2) is 12.0. The average Bonchev–Trinajstić information content (AvgIpc) is 3.14. The molecule has 0 unspecified atom stereocenters. The first-order chi connectivity index (χ1) is 20.0. The van der Waals surface area contributed by atoms with Crippen molar-refractivity contribution in [3.05, 3.63) is 107 Å². The van der Waals surface area contributed by atoms with Crippen molar-refractivity contribution in [1.29, 1.82) is 0 Å². The number of hydrogen-bond donors (Lipinski definition) is 2. The van der Waals surface area contributed by atoms with E-state index in [1.54, 1.807) is 30.5 Å². The third-order valence-electron chi connectivity index (χ3n) is 7.31. The third kappa shape index (κ3) is 6.01. The normalized spacial score (nSPS) is 14.8. The van der Waals surface area contributed by atoms with Gasteiger partial charge in [0.15, 0.2) is 0 Å². The molecule has 1 amide bonds. The molecule has 0 bridgehead atoms. The van der Waals surface area contributed by atoms with Crippen molar-refractivity contribution in [1.82, 2.24) is 20.2 Å². The molecule has 6 rings (SSSR count). The molecule has 2 aliphatic heterocycles. The summed E-state index contributed by atoms with van der Waals surface area (Å²) in [5, 5.41) is 6.24. The number of ether oxygens (including phenoxy) is 1. The maximum Gasteiger partial charge on any atom is 0.251 e. The summed E-state index contributed by atoms with van der Waals surface area (Å²) in [6, 6.07) is 20.0. The van der Waals surface area contributed by atoms with E-state index >= 15 is 0 Å². The molecular formula is C32H31FN6O2. The van der Waals surface area contributed by atoms with E-state index in [-0.39, 0.29) is 11.7 Å². The standard InChI is InChI=1S/C32H31FN6O2/c1-21-6-11-25-27(18-21)30(26-4-2-3-5-28(26)33)35-19-23-20-36-32(38-29(23)25)37-24-9-7-22(8-10-24)31(40)34-12-13-39-14-16-41-17-15-39/h2-11,18,20H,12-17,19H2,1H3,(H,34,40)(H,36,37,38). The van der Waals surface area contributed by atoms with Crippen molar-refractivity contribution in [2.45, 2.75) is 13.5 Å². The first-order valence-electron chi connectivity index (χ1n) is 13.8. The Kier molecular flexibility index (Phi) is 7.80. The Bertz CT molecular complexity index is 1600. The van der Waals surface area contributed by atoms with Crippen LogP contribution in [0.4, 0.5) is 16.0 Å². The van der Waals surface area contributed by atoms with Crippen LogP contribution in [0.25, 0.3) is 11.3 Å². The molecule has 0 saturated carbocycles. The molecule has 4 aromatic rings. The molecule has 0 spiro atoms. The first-order valence-corrected chi connectivity index (χ1v) is 13.8. The van der Waals surface area contributed by atoms with Crippen LogP contribution in [-0.4, -0.2) is 65.9 Å². The second-order valence-electron chi connectivity index (χ2n) is 10.2. The minimum absolute atomic E-state index is 0.108. The van der Waals surface area contributed by atoms with Crippen LogP contribution in [0.1, 0.15) is 32.6 Å². The topological polar surface area (TPSA) is 91.7 Å². The van der Waals surface area contributed by atoms with Gasteiger partial charge < -0.3 is 15.4 Å². The number of rotatable bonds is 7. The molecule has 9 heteroatoms. The number of morpholine rings is 1. The van der Waals surface area contributed by atoms with Crippen molar-refractivity contribution >= 4 is 23.3 Å². The van der Waals surface area contributed by atoms with Gasteiger partial charge in [-0.3, -0.25) is 14.7 Å². The fraction of sp³-hybridized carbons (Fsp3) is 0.250. The number of anilines is 2. The summed E-state index contributed by atoms with van der Waals surface area (Å²) in [7, 11) is 0. The monoisotopic (exact) mass is 550 g/mol. The Labute approximate surface area is 238 Å². The summed E-state index contributed by atoms with van der Waals surface area (Å²) in [4.78, 5) is 29.1. The summed E-state index contributed by atoms with van der Waals surface area (Å²) in [6.07, 6.45) is 1.76. The van der Waals surface area contributed by atoms with E-state index in [0.717, 1.165) is 66.5 Å². The molecule has 208 valence electrons. The van der Waals surface area contributed by atoms with Crippen molar-refractivity contribution in [2.75, 3.05) is 44.7 Å². The molecule has 0 radical (unpaired) electrons. The molecule has 0 atom stereocenters. The number of carbonyl (C=O) groups excluding carboxylic acids is 1. The first kappa shape index (κ1) is 26.7. The van der Waals surface area contributed by atoms with Crippen LogP contribution in [0.15, 0.2) is 77.9 Å². The van der Waals surface area contributed by atoms with Crippen molar-refractivity contribution in [3.63, 3.8) is 0 Å². The van der Waals surface area contributed by atoms with E-state index in [9.17, 15) is 9.18 Å². The van der Waals surface area contributed by atoms with E-state index in [4.69, 9.17) is 14.7 Å². The Hall–Kier alpha value is -4.47. The average molecular weight is 551 g/mol. The second-order valence-corrected chi connectivity index (χ2v) is 10.2. The van der Waals surface area contributed by atoms with Gasteiger partial charge >= 0.3 is 0 Å². The van der Waals surface area contributed by atoms with Gasteiger partial charge in [0.05, 0.1) is 31.2 Å². The minimum atomic E-state index is -0.313. The van der Waals surface area contributed by atoms with E-state index in [1.807, 2.05) is 43.3 Å². The fourth-order valence-electron chi connectivity index (χ4n) is 5.10. The Morgan fingerprint density at radius 2 is 1.80 bits per heavy atom. The number of hydrogen-bond acceptors (Lipinski definition) is 7. The van der Waals surface area contributed by atoms with E-state index in [1.165, 1.54) is 6.07 Å². The summed E-state index contributed by atoms with van der Waals surface area (Å²) in [6.45, 7) is 7.01. The zero-order valence-electron chi connectivity index (χ0n) is 22.9. The quantitative estimate of drug-likeness (QED) is 0.345. The van der Waals surface area contributed by atoms with Gasteiger partial charge in [-0.25, -0.2) is 14.4 Å². The van der Waals surface area contributed by atoms with Gasteiger partial charge in [-0.05, 0) is 49.4 Å². The molecule has 1 aromatic heterocycles. The highest BCUT2D eigenvalue weighted by atomic mass is 19.1. The van der Waals surface area contributed by atoms with Gasteiger partial charge in [-0.2, -0.15) is 0 Å². The van der Waals surface area contributed by atoms with Gasteiger partial charge in [0.2, 0.25) is 5.95 Å². The molecule has 8 nitrogen and oxygen atoms in total. The molecule has 2 aliphatic rings. The van der Waals surface area contributed by atoms with Gasteiger partial charge in [-0.1, -0.05) is 29.8 Å². The van der Waals surface area contributed by atoms with Crippen LogP contribution in [0.3, 0.4) is 0 Å². The van der Waals surface area contributed by atoms with Gasteiger partial charge in [0.25, 0.3) is 5.91 Å². The summed E-state index contributed by atoms with van der Waals surface area (Å²) < 4.78 is 20.2. The highest BCUT2D eigenvalue weighted by molar-refractivity contribution is 6.17. The predicted octanol–water partition coefficient (Wildman–Crippen LogP) is 4.75. The summed E-state index contributed by atoms with van der Waals surface area (Å²) in [5.74, 6) is 0.00306. The molecular weight excluding hydrogens is 519 g/mol. The van der Waals surface area contributed by atoms with Crippen molar-refractivity contribution in [3.8, 4) is 11.3 Å². The Morgan fingerprint density at radius 3 is 2.61 bits per heavy atom. The lowest BCUT2D eigenvalue weighted by atomic mass is 9.93. The molecule has 1 fully saturated rings. The number of halogens is 1. The molecule has 3 heterocycles. The van der Waals surface area contributed by atoms with E-state index < -0.39 is 0 Å². The number of aliphatic imine (C=N–C) groups is 1. The maximum atomic E-state index is 14.8. The number of nitrogens with one attached hydrogen (secondary N) is 2. The van der Waals surface area contributed by atoms with Crippen LogP contribution >= 0.6 is 0 Å². The largest absolute Gasteiger partial charge is 0.379 e. The van der Waals surface area contributed by atoms with Crippen LogP contribution in [0.2, 0.25) is 0 Å². The lowest BCUT2D eigenvalue weighted by Crippen LogP contribution is -2.41. The van der Waals surface area contributed by atoms with Crippen molar-refractivity contribution < 1.29 is 13.9 Å². The summed E-state index contributed by atoms with van der Waals surface area (Å²) in [5.41, 5.74) is 6.78.